The fourth-order valence-corrected chi connectivity index (χ4v) is 0.333. The molecule has 0 aromatic rings. The molecule has 50 valence electrons. The molecule has 4 heteroatoms. The molecule has 3 N–H and O–H groups in total. The van der Waals surface area contributed by atoms with Crippen molar-refractivity contribution in [3.05, 3.63) is 0 Å². The highest BCUT2D eigenvalue weighted by molar-refractivity contribution is 5.78. The lowest BCUT2D eigenvalue weighted by atomic mass is 10.4. The van der Waals surface area contributed by atoms with Crippen LogP contribution in [0.1, 0.15) is 6.92 Å². The zero-order valence-corrected chi connectivity index (χ0v) is 5.22. The van der Waals surface area contributed by atoms with Gasteiger partial charge in [0.15, 0.2) is 0 Å². The number of hydrogen-bond donors (Lipinski definition) is 2. The van der Waals surface area contributed by atoms with E-state index in [4.69, 9.17) is 11.0 Å². The molecule has 1 atom stereocenters. The van der Waals surface area contributed by atoms with Crippen LogP contribution in [0, 0.1) is 11.3 Å². The summed E-state index contributed by atoms with van der Waals surface area (Å²) in [5.41, 5.74) is 4.95. The molecule has 0 heterocycles. The number of nitriles is 1. The van der Waals surface area contributed by atoms with Crippen LogP contribution in [-0.4, -0.2) is 18.5 Å². The van der Waals surface area contributed by atoms with Crippen molar-refractivity contribution >= 4 is 5.91 Å². The first kappa shape index (κ1) is 7.92. The summed E-state index contributed by atoms with van der Waals surface area (Å²) < 4.78 is 0. The lowest BCUT2D eigenvalue weighted by molar-refractivity contribution is -0.120. The lowest BCUT2D eigenvalue weighted by Gasteiger charge is -2.01. The average Bonchev–Trinajstić information content (AvgIpc) is 1.87. The number of nitrogens with zero attached hydrogens (tertiary/aromatic N) is 1. The van der Waals surface area contributed by atoms with Crippen molar-refractivity contribution in [1.82, 2.24) is 5.32 Å². The van der Waals surface area contributed by atoms with E-state index in [2.05, 4.69) is 5.32 Å². The van der Waals surface area contributed by atoms with Gasteiger partial charge in [-0.2, -0.15) is 5.26 Å². The van der Waals surface area contributed by atoms with Crippen LogP contribution in [0.15, 0.2) is 0 Å². The largest absolute Gasteiger partial charge is 0.340 e. The van der Waals surface area contributed by atoms with E-state index in [0.29, 0.717) is 0 Å². The summed E-state index contributed by atoms with van der Waals surface area (Å²) in [5.74, 6) is -0.302. The molecule has 9 heavy (non-hydrogen) atoms. The minimum absolute atomic E-state index is 0.0635. The molecule has 0 fully saturated rings. The Balaban J connectivity index is 3.50. The highest BCUT2D eigenvalue weighted by Crippen LogP contribution is 1.73. The molecule has 0 saturated carbocycles. The third-order valence-corrected chi connectivity index (χ3v) is 0.757. The first-order chi connectivity index (χ1) is 4.20. The van der Waals surface area contributed by atoms with E-state index in [0.717, 1.165) is 0 Å². The average molecular weight is 127 g/mol. The maximum absolute atomic E-state index is 10.4. The monoisotopic (exact) mass is 127 g/mol. The van der Waals surface area contributed by atoms with E-state index >= 15 is 0 Å². The van der Waals surface area contributed by atoms with Crippen LogP contribution in [0.4, 0.5) is 0 Å². The van der Waals surface area contributed by atoms with Crippen LogP contribution in [0.25, 0.3) is 0 Å². The summed E-state index contributed by atoms with van der Waals surface area (Å²) >= 11 is 0. The Morgan fingerprint density at radius 2 is 2.56 bits per heavy atom. The quantitative estimate of drug-likeness (QED) is 0.498. The maximum atomic E-state index is 10.4. The molecule has 1 unspecified atom stereocenters. The smallest absolute Gasteiger partial charge is 0.234 e. The van der Waals surface area contributed by atoms with Gasteiger partial charge in [-0.1, -0.05) is 0 Å². The van der Waals surface area contributed by atoms with Crippen LogP contribution in [-0.2, 0) is 4.79 Å². The number of carbonyl (C=O) groups excluding carboxylic acids is 1. The summed E-state index contributed by atoms with van der Waals surface area (Å²) in [6, 6.07) is 1.40. The van der Waals surface area contributed by atoms with E-state index in [-0.39, 0.29) is 12.5 Å². The van der Waals surface area contributed by atoms with Crippen LogP contribution in [0.3, 0.4) is 0 Å². The fraction of sp³-hybridized carbons (Fsp3) is 0.600. The molecule has 0 aliphatic rings. The lowest BCUT2D eigenvalue weighted by Crippen LogP contribution is -2.36. The van der Waals surface area contributed by atoms with Crippen LogP contribution >= 0.6 is 0 Å². The molecule has 0 saturated heterocycles. The van der Waals surface area contributed by atoms with Crippen molar-refractivity contribution in [3.63, 3.8) is 0 Å². The van der Waals surface area contributed by atoms with Crippen molar-refractivity contribution in [1.29, 1.82) is 5.26 Å². The van der Waals surface area contributed by atoms with Gasteiger partial charge in [0.1, 0.15) is 6.04 Å². The Bertz CT molecular complexity index is 138. The second kappa shape index (κ2) is 3.87. The van der Waals surface area contributed by atoms with Crippen molar-refractivity contribution < 1.29 is 4.79 Å². The van der Waals surface area contributed by atoms with Gasteiger partial charge < -0.3 is 11.1 Å². The van der Waals surface area contributed by atoms with E-state index in [9.17, 15) is 4.79 Å². The van der Waals surface area contributed by atoms with Gasteiger partial charge in [-0.05, 0) is 6.92 Å². The highest BCUT2D eigenvalue weighted by atomic mass is 16.1. The second-order valence-corrected chi connectivity index (χ2v) is 1.62. The zero-order valence-electron chi connectivity index (χ0n) is 5.22. The number of amides is 1. The van der Waals surface area contributed by atoms with Gasteiger partial charge in [0.25, 0.3) is 0 Å². The van der Waals surface area contributed by atoms with Gasteiger partial charge in [-0.25, -0.2) is 0 Å². The summed E-state index contributed by atoms with van der Waals surface area (Å²) in [6.45, 7) is 1.53. The Morgan fingerprint density at radius 1 is 2.00 bits per heavy atom. The number of rotatable bonds is 2. The van der Waals surface area contributed by atoms with Gasteiger partial charge in [0, 0.05) is 0 Å². The first-order valence-corrected chi connectivity index (χ1v) is 2.59. The van der Waals surface area contributed by atoms with Crippen LogP contribution < -0.4 is 11.1 Å². The summed E-state index contributed by atoms with van der Waals surface area (Å²) in [5, 5.41) is 10.5. The predicted octanol–water partition coefficient (Wildman–Crippen LogP) is -1.03. The van der Waals surface area contributed by atoms with Gasteiger partial charge in [0.2, 0.25) is 5.91 Å². The van der Waals surface area contributed by atoms with Gasteiger partial charge in [-0.15, -0.1) is 0 Å². The molecule has 0 aliphatic carbocycles. The minimum Gasteiger partial charge on any atom is -0.340 e. The Kier molecular flexibility index (Phi) is 3.40. The van der Waals surface area contributed by atoms with Crippen molar-refractivity contribution in [3.8, 4) is 6.07 Å². The van der Waals surface area contributed by atoms with Gasteiger partial charge >= 0.3 is 0 Å². The summed E-state index contributed by atoms with van der Waals surface area (Å²) in [6.07, 6.45) is 0. The number of hydrogen-bond acceptors (Lipinski definition) is 3. The normalized spacial score (nSPS) is 11.7. The molecule has 1 amide bonds. The SMILES string of the molecule is CC(C#N)NC(=O)CN. The molecule has 0 rings (SSSR count). The van der Waals surface area contributed by atoms with Gasteiger partial charge in [0.05, 0.1) is 12.6 Å². The fourth-order valence-electron chi connectivity index (χ4n) is 0.333. The van der Waals surface area contributed by atoms with Crippen LogP contribution in [0.2, 0.25) is 0 Å². The third kappa shape index (κ3) is 3.50. The van der Waals surface area contributed by atoms with Crippen molar-refractivity contribution in [2.45, 2.75) is 13.0 Å². The standard InChI is InChI=1S/C5H9N3O/c1-4(2-6)8-5(9)3-7/h4H,3,7H2,1H3,(H,8,9). The molecule has 0 spiro atoms. The zero-order chi connectivity index (χ0) is 7.28. The Labute approximate surface area is 53.6 Å². The molecular weight excluding hydrogens is 118 g/mol. The molecule has 0 bridgehead atoms. The Hall–Kier alpha value is -1.08. The molecule has 0 aromatic carbocycles. The number of carbonyl (C=O) groups is 1. The molecule has 0 aliphatic heterocycles. The van der Waals surface area contributed by atoms with E-state index in [1.807, 2.05) is 6.07 Å². The molecule has 0 radical (unpaired) electrons. The molecule has 4 nitrogen and oxygen atoms in total. The van der Waals surface area contributed by atoms with Gasteiger partial charge in [-0.3, -0.25) is 4.79 Å². The third-order valence-electron chi connectivity index (χ3n) is 0.757. The van der Waals surface area contributed by atoms with Crippen LogP contribution in [0.5, 0.6) is 0 Å². The summed E-state index contributed by atoms with van der Waals surface area (Å²) in [7, 11) is 0. The molecule has 0 aromatic heterocycles. The van der Waals surface area contributed by atoms with Crippen molar-refractivity contribution in [2.24, 2.45) is 5.73 Å². The predicted molar refractivity (Wildman–Crippen MR) is 32.3 cm³/mol. The van der Waals surface area contributed by atoms with E-state index < -0.39 is 6.04 Å². The maximum Gasteiger partial charge on any atom is 0.234 e. The van der Waals surface area contributed by atoms with E-state index in [1.54, 1.807) is 6.92 Å². The summed E-state index contributed by atoms with van der Waals surface area (Å²) in [4.78, 5) is 10.4. The van der Waals surface area contributed by atoms with Crippen molar-refractivity contribution in [2.75, 3.05) is 6.54 Å². The Morgan fingerprint density at radius 3 is 2.89 bits per heavy atom. The first-order valence-electron chi connectivity index (χ1n) is 2.59. The minimum atomic E-state index is -0.443. The number of nitrogens with one attached hydrogen (secondary N) is 1. The second-order valence-electron chi connectivity index (χ2n) is 1.62. The highest BCUT2D eigenvalue weighted by Gasteiger charge is 2.01. The topological polar surface area (TPSA) is 78.9 Å². The van der Waals surface area contributed by atoms with E-state index in [1.165, 1.54) is 0 Å². The number of nitrogens with two attached hydrogens (primary N) is 1. The molecular formula is C5H9N3O.